The van der Waals surface area contributed by atoms with E-state index in [9.17, 15) is 9.59 Å². The van der Waals surface area contributed by atoms with E-state index in [1.54, 1.807) is 19.2 Å². The van der Waals surface area contributed by atoms with Gasteiger partial charge in [-0.25, -0.2) is 14.5 Å². The second-order valence-corrected chi connectivity index (χ2v) is 3.44. The molecule has 0 atom stereocenters. The van der Waals surface area contributed by atoms with Crippen LogP contribution in [0.1, 0.15) is 26.5 Å². The van der Waals surface area contributed by atoms with Crippen LogP contribution < -0.4 is 0 Å². The number of rotatable bonds is 3. The number of pyridine rings is 1. The Hall–Kier alpha value is -2.50. The number of carbonyl (C=O) groups excluding carboxylic acids is 1. The van der Waals surface area contributed by atoms with Gasteiger partial charge < -0.3 is 5.11 Å². The van der Waals surface area contributed by atoms with Crippen molar-refractivity contribution < 1.29 is 14.7 Å². The minimum Gasteiger partial charge on any atom is -0.477 e. The minimum atomic E-state index is -1.08. The monoisotopic (exact) mass is 231 g/mol. The third-order valence-corrected chi connectivity index (χ3v) is 2.30. The topological polar surface area (TPSA) is 85.1 Å². The molecule has 0 aliphatic rings. The molecule has 0 fully saturated rings. The van der Waals surface area contributed by atoms with Crippen LogP contribution in [0.15, 0.2) is 24.5 Å². The Labute approximate surface area is 96.5 Å². The first-order valence-electron chi connectivity index (χ1n) is 4.83. The minimum absolute atomic E-state index is 0.0340. The van der Waals surface area contributed by atoms with Crippen molar-refractivity contribution in [3.8, 4) is 5.69 Å². The van der Waals surface area contributed by atoms with Crippen molar-refractivity contribution >= 4 is 12.3 Å². The van der Waals surface area contributed by atoms with Crippen molar-refractivity contribution in [1.82, 2.24) is 14.8 Å². The number of hydrogen-bond donors (Lipinski definition) is 1. The number of aromatic carboxylic acids is 1. The maximum Gasteiger partial charge on any atom is 0.354 e. The fraction of sp³-hybridized carbons (Fsp3) is 0.0909. The van der Waals surface area contributed by atoms with Gasteiger partial charge in [-0.2, -0.15) is 5.10 Å². The zero-order chi connectivity index (χ0) is 12.4. The highest BCUT2D eigenvalue weighted by Gasteiger charge is 2.07. The first-order chi connectivity index (χ1) is 8.11. The van der Waals surface area contributed by atoms with Crippen LogP contribution in [0.2, 0.25) is 0 Å². The number of hydrogen-bond acceptors (Lipinski definition) is 4. The van der Waals surface area contributed by atoms with Crippen LogP contribution in [0.3, 0.4) is 0 Å². The molecule has 2 heterocycles. The summed E-state index contributed by atoms with van der Waals surface area (Å²) in [6.45, 7) is 1.72. The molecule has 0 bridgehead atoms. The maximum absolute atomic E-state index is 10.7. The van der Waals surface area contributed by atoms with Gasteiger partial charge in [-0.1, -0.05) is 0 Å². The van der Waals surface area contributed by atoms with Crippen molar-refractivity contribution in [3.63, 3.8) is 0 Å². The summed E-state index contributed by atoms with van der Waals surface area (Å²) in [7, 11) is 0. The Morgan fingerprint density at radius 3 is 2.71 bits per heavy atom. The third-order valence-electron chi connectivity index (χ3n) is 2.30. The highest BCUT2D eigenvalue weighted by atomic mass is 16.4. The maximum atomic E-state index is 10.7. The lowest BCUT2D eigenvalue weighted by molar-refractivity contribution is 0.0690. The molecular weight excluding hydrogens is 222 g/mol. The van der Waals surface area contributed by atoms with Crippen LogP contribution in [0.5, 0.6) is 0 Å². The van der Waals surface area contributed by atoms with Gasteiger partial charge in [0.15, 0.2) is 6.29 Å². The molecule has 2 aromatic rings. The van der Waals surface area contributed by atoms with Gasteiger partial charge in [0.1, 0.15) is 5.69 Å². The SMILES string of the molecule is Cc1nn(-c2ccc(C(=O)O)nc2)cc1C=O. The highest BCUT2D eigenvalue weighted by Crippen LogP contribution is 2.10. The molecule has 0 aliphatic carbocycles. The average molecular weight is 231 g/mol. The molecule has 1 N–H and O–H groups in total. The summed E-state index contributed by atoms with van der Waals surface area (Å²) < 4.78 is 1.48. The summed E-state index contributed by atoms with van der Waals surface area (Å²) in [6.07, 6.45) is 3.68. The summed E-state index contributed by atoms with van der Waals surface area (Å²) in [6, 6.07) is 2.97. The van der Waals surface area contributed by atoms with Gasteiger partial charge in [0.05, 0.1) is 23.1 Å². The van der Waals surface area contributed by atoms with Crippen LogP contribution in [0, 0.1) is 6.92 Å². The molecule has 2 rings (SSSR count). The second kappa shape index (κ2) is 4.17. The zero-order valence-electron chi connectivity index (χ0n) is 8.99. The largest absolute Gasteiger partial charge is 0.477 e. The van der Waals surface area contributed by atoms with Crippen LogP contribution in [-0.2, 0) is 0 Å². The predicted octanol–water partition coefficient (Wildman–Crippen LogP) is 1.09. The lowest BCUT2D eigenvalue weighted by Crippen LogP contribution is -2.02. The van der Waals surface area contributed by atoms with Gasteiger partial charge in [-0.3, -0.25) is 4.79 Å². The van der Waals surface area contributed by atoms with E-state index in [2.05, 4.69) is 10.1 Å². The molecule has 6 heteroatoms. The molecule has 0 radical (unpaired) electrons. The number of aryl methyl sites for hydroxylation is 1. The third kappa shape index (κ3) is 2.05. The number of aldehydes is 1. The highest BCUT2D eigenvalue weighted by molar-refractivity contribution is 5.85. The van der Waals surface area contributed by atoms with Gasteiger partial charge >= 0.3 is 5.97 Å². The van der Waals surface area contributed by atoms with Crippen molar-refractivity contribution in [2.75, 3.05) is 0 Å². The quantitative estimate of drug-likeness (QED) is 0.799. The Morgan fingerprint density at radius 1 is 1.47 bits per heavy atom. The van der Waals surface area contributed by atoms with Gasteiger partial charge in [0.25, 0.3) is 0 Å². The van der Waals surface area contributed by atoms with E-state index < -0.39 is 5.97 Å². The Bertz CT molecular complexity index is 572. The number of carboxylic acids is 1. The molecule has 0 unspecified atom stereocenters. The van der Waals surface area contributed by atoms with Crippen molar-refractivity contribution in [2.45, 2.75) is 6.92 Å². The van der Waals surface area contributed by atoms with Crippen LogP contribution >= 0.6 is 0 Å². The smallest absolute Gasteiger partial charge is 0.354 e. The van der Waals surface area contributed by atoms with Crippen molar-refractivity contribution in [3.05, 3.63) is 41.5 Å². The van der Waals surface area contributed by atoms with Gasteiger partial charge in [-0.15, -0.1) is 0 Å². The van der Waals surface area contributed by atoms with Gasteiger partial charge in [0.2, 0.25) is 0 Å². The first kappa shape index (κ1) is 11.0. The van der Waals surface area contributed by atoms with Crippen LogP contribution in [0.4, 0.5) is 0 Å². The average Bonchev–Trinajstić information content (AvgIpc) is 2.70. The summed E-state index contributed by atoms with van der Waals surface area (Å²) >= 11 is 0. The Balaban J connectivity index is 2.39. The molecule has 2 aromatic heterocycles. The van der Waals surface area contributed by atoms with Crippen molar-refractivity contribution in [2.24, 2.45) is 0 Å². The van der Waals surface area contributed by atoms with E-state index >= 15 is 0 Å². The summed E-state index contributed by atoms with van der Waals surface area (Å²) in [5, 5.41) is 12.8. The molecule has 0 saturated carbocycles. The molecule has 0 saturated heterocycles. The number of aromatic nitrogens is 3. The molecule has 0 spiro atoms. The van der Waals surface area contributed by atoms with Crippen molar-refractivity contribution in [1.29, 1.82) is 0 Å². The lowest BCUT2D eigenvalue weighted by Gasteiger charge is -2.00. The number of nitrogens with zero attached hydrogens (tertiary/aromatic N) is 3. The summed E-state index contributed by atoms with van der Waals surface area (Å²) in [5.74, 6) is -1.08. The second-order valence-electron chi connectivity index (χ2n) is 3.44. The molecular formula is C11H9N3O3. The fourth-order valence-corrected chi connectivity index (χ4v) is 1.37. The van der Waals surface area contributed by atoms with E-state index in [1.807, 2.05) is 0 Å². The Morgan fingerprint density at radius 2 is 2.24 bits per heavy atom. The Kier molecular flexibility index (Phi) is 2.70. The van der Waals surface area contributed by atoms with Crippen LogP contribution in [-0.4, -0.2) is 32.1 Å². The molecule has 6 nitrogen and oxygen atoms in total. The van der Waals surface area contributed by atoms with E-state index in [1.165, 1.54) is 16.9 Å². The lowest BCUT2D eigenvalue weighted by atomic mass is 10.3. The van der Waals surface area contributed by atoms with Gasteiger partial charge in [0, 0.05) is 6.20 Å². The summed E-state index contributed by atoms with van der Waals surface area (Å²) in [4.78, 5) is 25.1. The number of carboxylic acid groups (broad SMARTS) is 1. The van der Waals surface area contributed by atoms with E-state index in [0.29, 0.717) is 16.9 Å². The fourth-order valence-electron chi connectivity index (χ4n) is 1.37. The van der Waals surface area contributed by atoms with E-state index in [-0.39, 0.29) is 5.69 Å². The van der Waals surface area contributed by atoms with E-state index in [4.69, 9.17) is 5.11 Å². The number of carbonyl (C=O) groups is 2. The first-order valence-corrected chi connectivity index (χ1v) is 4.83. The van der Waals surface area contributed by atoms with E-state index in [0.717, 1.165) is 6.29 Å². The predicted molar refractivity (Wildman–Crippen MR) is 58.4 cm³/mol. The molecule has 86 valence electrons. The van der Waals surface area contributed by atoms with Gasteiger partial charge in [-0.05, 0) is 19.1 Å². The summed E-state index contributed by atoms with van der Waals surface area (Å²) in [5.41, 5.74) is 1.68. The molecule has 0 aromatic carbocycles. The molecule has 17 heavy (non-hydrogen) atoms. The normalized spacial score (nSPS) is 10.2. The van der Waals surface area contributed by atoms with Crippen LogP contribution in [0.25, 0.3) is 5.69 Å². The zero-order valence-corrected chi connectivity index (χ0v) is 8.99. The standard InChI is InChI=1S/C11H9N3O3/c1-7-8(6-15)5-14(13-7)9-2-3-10(11(16)17)12-4-9/h2-6H,1H3,(H,16,17). The molecule has 0 amide bonds. The molecule has 0 aliphatic heterocycles.